The van der Waals surface area contributed by atoms with E-state index < -0.39 is 58.8 Å². The second kappa shape index (κ2) is 14.3. The summed E-state index contributed by atoms with van der Waals surface area (Å²) in [6.07, 6.45) is 6.93. The molecular formula is C34H46N8O8. The molecule has 3 fully saturated rings. The zero-order valence-corrected chi connectivity index (χ0v) is 28.5. The van der Waals surface area contributed by atoms with Gasteiger partial charge in [0.25, 0.3) is 5.91 Å². The number of benzene rings is 1. The summed E-state index contributed by atoms with van der Waals surface area (Å²) in [6, 6.07) is 3.95. The first kappa shape index (κ1) is 35.3. The van der Waals surface area contributed by atoms with E-state index in [2.05, 4.69) is 20.9 Å². The lowest BCUT2D eigenvalue weighted by atomic mass is 9.84. The Bertz CT molecular complexity index is 1610. The van der Waals surface area contributed by atoms with Crippen molar-refractivity contribution in [3.63, 3.8) is 0 Å². The minimum Gasteiger partial charge on any atom is -0.470 e. The van der Waals surface area contributed by atoms with Crippen molar-refractivity contribution in [3.8, 4) is 5.75 Å². The largest absolute Gasteiger partial charge is 0.470 e. The fourth-order valence-corrected chi connectivity index (χ4v) is 7.70. The molecule has 0 bridgehead atoms. The molecule has 4 heterocycles. The maximum atomic E-state index is 14.8. The SMILES string of the molecule is CC(C)(O)c1cnnn1[C@H]1C[C@@H](C(=O)NC2(C(=O)C(N)=O)CCOCC2)N(C(=O)[C@@H](CC2CCCCC2)NC(=O)N2COc3ccccc32)C1. The number of urea groups is 1. The van der Waals surface area contributed by atoms with Crippen LogP contribution in [0.25, 0.3) is 0 Å². The number of para-hydroxylation sites is 2. The summed E-state index contributed by atoms with van der Waals surface area (Å²) in [5.41, 5.74) is 3.47. The lowest BCUT2D eigenvalue weighted by molar-refractivity contribution is -0.147. The number of fused-ring (bicyclic) bond motifs is 1. The highest BCUT2D eigenvalue weighted by molar-refractivity contribution is 6.39. The predicted octanol–water partition coefficient (Wildman–Crippen LogP) is 1.27. The third-order valence-electron chi connectivity index (χ3n) is 10.4. The van der Waals surface area contributed by atoms with Crippen LogP contribution < -0.4 is 26.0 Å². The molecule has 1 saturated carbocycles. The van der Waals surface area contributed by atoms with Crippen molar-refractivity contribution in [1.29, 1.82) is 0 Å². The van der Waals surface area contributed by atoms with Crippen LogP contribution in [0.1, 0.15) is 83.4 Å². The monoisotopic (exact) mass is 694 g/mol. The average molecular weight is 695 g/mol. The molecule has 0 unspecified atom stereocenters. The van der Waals surface area contributed by atoms with Crippen molar-refractivity contribution in [1.82, 2.24) is 30.5 Å². The van der Waals surface area contributed by atoms with Crippen LogP contribution in [-0.2, 0) is 29.5 Å². The highest BCUT2D eigenvalue weighted by atomic mass is 16.5. The van der Waals surface area contributed by atoms with E-state index in [0.29, 0.717) is 23.6 Å². The van der Waals surface area contributed by atoms with Gasteiger partial charge in [-0.25, -0.2) is 9.48 Å². The van der Waals surface area contributed by atoms with Crippen LogP contribution >= 0.6 is 0 Å². The fraction of sp³-hybridized carbons (Fsp3) is 0.618. The van der Waals surface area contributed by atoms with Gasteiger partial charge in [-0.1, -0.05) is 49.5 Å². The number of Topliss-reactive ketones (excluding diaryl/α,β-unsaturated/α-hetero) is 1. The summed E-state index contributed by atoms with van der Waals surface area (Å²) < 4.78 is 12.6. The van der Waals surface area contributed by atoms with E-state index >= 15 is 0 Å². The maximum absolute atomic E-state index is 14.8. The van der Waals surface area contributed by atoms with Crippen molar-refractivity contribution in [2.24, 2.45) is 11.7 Å². The first-order valence-corrected chi connectivity index (χ1v) is 17.4. The van der Waals surface area contributed by atoms with Gasteiger partial charge in [-0.3, -0.25) is 24.1 Å². The maximum Gasteiger partial charge on any atom is 0.325 e. The van der Waals surface area contributed by atoms with Gasteiger partial charge in [0, 0.05) is 39.0 Å². The first-order chi connectivity index (χ1) is 23.9. The molecule has 3 aliphatic heterocycles. The molecule has 50 heavy (non-hydrogen) atoms. The molecule has 4 aliphatic rings. The van der Waals surface area contributed by atoms with Gasteiger partial charge < -0.3 is 35.8 Å². The Labute approximate surface area is 290 Å². The third-order valence-corrected chi connectivity index (χ3v) is 10.4. The number of carbonyl (C=O) groups is 5. The van der Waals surface area contributed by atoms with Gasteiger partial charge in [0.1, 0.15) is 29.0 Å². The molecule has 16 nitrogen and oxygen atoms in total. The molecule has 1 aromatic heterocycles. The number of rotatable bonds is 10. The van der Waals surface area contributed by atoms with E-state index in [1.54, 1.807) is 32.0 Å². The van der Waals surface area contributed by atoms with Crippen molar-refractivity contribution in [3.05, 3.63) is 36.2 Å². The normalized spacial score (nSPS) is 22.7. The minimum absolute atomic E-state index is 0.00985. The van der Waals surface area contributed by atoms with E-state index in [4.69, 9.17) is 15.2 Å². The number of nitrogens with one attached hydrogen (secondary N) is 2. The highest BCUT2D eigenvalue weighted by Crippen LogP contribution is 2.36. The number of ether oxygens (including phenoxy) is 2. The predicted molar refractivity (Wildman–Crippen MR) is 177 cm³/mol. The number of likely N-dealkylation sites (tertiary alicyclic amines) is 1. The van der Waals surface area contributed by atoms with Crippen molar-refractivity contribution >= 4 is 35.2 Å². The Morgan fingerprint density at radius 1 is 1.10 bits per heavy atom. The number of aliphatic hydroxyl groups is 1. The number of anilines is 1. The molecule has 5 N–H and O–H groups in total. The van der Waals surface area contributed by atoms with Gasteiger partial charge in [0.15, 0.2) is 6.73 Å². The lowest BCUT2D eigenvalue weighted by Crippen LogP contribution is -2.64. The molecule has 270 valence electrons. The average Bonchev–Trinajstić information content (AvgIpc) is 3.87. The molecule has 5 amide bonds. The van der Waals surface area contributed by atoms with Gasteiger partial charge in [0.05, 0.1) is 23.6 Å². The molecule has 0 spiro atoms. The number of amides is 5. The van der Waals surface area contributed by atoms with Gasteiger partial charge in [-0.15, -0.1) is 5.10 Å². The van der Waals surface area contributed by atoms with Crippen LogP contribution in [-0.4, -0.2) is 98.6 Å². The van der Waals surface area contributed by atoms with Gasteiger partial charge in [0.2, 0.25) is 17.6 Å². The summed E-state index contributed by atoms with van der Waals surface area (Å²) in [4.78, 5) is 70.9. The number of nitrogens with two attached hydrogens (primary N) is 1. The molecular weight excluding hydrogens is 648 g/mol. The van der Waals surface area contributed by atoms with Crippen LogP contribution in [0.4, 0.5) is 10.5 Å². The van der Waals surface area contributed by atoms with Crippen LogP contribution in [0.15, 0.2) is 30.5 Å². The summed E-state index contributed by atoms with van der Waals surface area (Å²) >= 11 is 0. The molecule has 3 atom stereocenters. The molecule has 2 saturated heterocycles. The number of hydrogen-bond donors (Lipinski definition) is 4. The number of nitrogens with zero attached hydrogens (tertiary/aromatic N) is 5. The zero-order valence-electron chi connectivity index (χ0n) is 28.5. The molecule has 1 aromatic carbocycles. The zero-order chi connectivity index (χ0) is 35.6. The molecule has 0 radical (unpaired) electrons. The van der Waals surface area contributed by atoms with Crippen LogP contribution in [0, 0.1) is 5.92 Å². The number of ketones is 1. The molecule has 16 heteroatoms. The first-order valence-electron chi connectivity index (χ1n) is 17.4. The minimum atomic E-state index is -1.58. The Hall–Kier alpha value is -4.57. The van der Waals surface area contributed by atoms with E-state index in [1.807, 2.05) is 6.07 Å². The molecule has 1 aliphatic carbocycles. The van der Waals surface area contributed by atoms with Gasteiger partial charge in [-0.2, -0.15) is 0 Å². The Morgan fingerprint density at radius 2 is 1.82 bits per heavy atom. The summed E-state index contributed by atoms with van der Waals surface area (Å²) in [5.74, 6) is -2.48. The molecule has 6 rings (SSSR count). The third kappa shape index (κ3) is 7.17. The molecule has 2 aromatic rings. The van der Waals surface area contributed by atoms with E-state index in [9.17, 15) is 29.1 Å². The fourth-order valence-electron chi connectivity index (χ4n) is 7.70. The Morgan fingerprint density at radius 3 is 2.52 bits per heavy atom. The van der Waals surface area contributed by atoms with E-state index in [0.717, 1.165) is 32.1 Å². The van der Waals surface area contributed by atoms with Crippen molar-refractivity contribution in [2.45, 2.75) is 101 Å². The van der Waals surface area contributed by atoms with Crippen molar-refractivity contribution < 1.29 is 38.6 Å². The Balaban J connectivity index is 1.32. The smallest absolute Gasteiger partial charge is 0.325 e. The summed E-state index contributed by atoms with van der Waals surface area (Å²) in [5, 5.41) is 24.8. The van der Waals surface area contributed by atoms with Crippen LogP contribution in [0.3, 0.4) is 0 Å². The van der Waals surface area contributed by atoms with Gasteiger partial charge >= 0.3 is 6.03 Å². The summed E-state index contributed by atoms with van der Waals surface area (Å²) in [7, 11) is 0. The lowest BCUT2D eigenvalue weighted by Gasteiger charge is -2.37. The van der Waals surface area contributed by atoms with Crippen LogP contribution in [0.2, 0.25) is 0 Å². The number of aromatic nitrogens is 3. The second-order valence-corrected chi connectivity index (χ2v) is 14.3. The number of hydrogen-bond acceptors (Lipinski definition) is 10. The highest BCUT2D eigenvalue weighted by Gasteiger charge is 2.49. The number of carbonyl (C=O) groups excluding carboxylic acids is 5. The second-order valence-electron chi connectivity index (χ2n) is 14.3. The standard InChI is InChI=1S/C34H46N8O8/c1-33(2,48)27-18-36-39-42(27)22-17-25(30(45)38-34(28(43)29(35)44)12-14-49-15-13-34)40(19-22)31(46)23(16-21-8-4-3-5-9-21)37-32(47)41-20-50-26-11-7-6-10-24(26)41/h6-7,10-11,18,21-23,25,48H,3-5,8-9,12-17,19-20H2,1-2H3,(H2,35,44)(H,37,47)(H,38,45)/t22-,23+,25-/m0/s1. The number of primary amides is 1. The van der Waals surface area contributed by atoms with E-state index in [-0.39, 0.29) is 51.7 Å². The van der Waals surface area contributed by atoms with Gasteiger partial charge in [-0.05, 0) is 38.3 Å². The summed E-state index contributed by atoms with van der Waals surface area (Å²) in [6.45, 7) is 3.42. The van der Waals surface area contributed by atoms with E-state index in [1.165, 1.54) is 20.7 Å². The topological polar surface area (TPSA) is 211 Å². The van der Waals surface area contributed by atoms with Crippen molar-refractivity contribution in [2.75, 3.05) is 31.4 Å². The van der Waals surface area contributed by atoms with Crippen LogP contribution in [0.5, 0.6) is 5.75 Å². The Kier molecular flexibility index (Phi) is 10.1. The quantitative estimate of drug-likeness (QED) is 0.262.